The van der Waals surface area contributed by atoms with Crippen molar-refractivity contribution in [2.24, 2.45) is 5.92 Å². The summed E-state index contributed by atoms with van der Waals surface area (Å²) in [5.41, 5.74) is 3.84. The number of ether oxygens (including phenoxy) is 1. The van der Waals surface area contributed by atoms with E-state index in [9.17, 15) is 4.79 Å². The maximum atomic E-state index is 12.6. The molecule has 4 rings (SSSR count). The number of hydrogen-bond acceptors (Lipinski definition) is 6. The number of hydrogen-bond donors (Lipinski definition) is 2. The van der Waals surface area contributed by atoms with Gasteiger partial charge >= 0.3 is 0 Å². The highest BCUT2D eigenvalue weighted by Gasteiger charge is 2.27. The van der Waals surface area contributed by atoms with Crippen molar-refractivity contribution >= 4 is 17.2 Å². The first-order chi connectivity index (χ1) is 13.2. The van der Waals surface area contributed by atoms with E-state index in [1.54, 1.807) is 30.8 Å². The Morgan fingerprint density at radius 1 is 1.41 bits per heavy atom. The molecule has 0 saturated heterocycles. The molecule has 27 heavy (non-hydrogen) atoms. The Labute approximate surface area is 161 Å². The van der Waals surface area contributed by atoms with Crippen LogP contribution in [0.2, 0.25) is 0 Å². The van der Waals surface area contributed by atoms with E-state index in [2.05, 4.69) is 20.5 Å². The minimum Gasteiger partial charge on any atom is -0.378 e. The lowest BCUT2D eigenvalue weighted by atomic mass is 9.90. The van der Waals surface area contributed by atoms with Crippen molar-refractivity contribution in [3.8, 4) is 10.6 Å². The third-order valence-electron chi connectivity index (χ3n) is 4.67. The number of nitrogens with one attached hydrogen (secondary N) is 2. The van der Waals surface area contributed by atoms with Gasteiger partial charge < -0.3 is 10.1 Å². The van der Waals surface area contributed by atoms with E-state index in [1.807, 2.05) is 18.2 Å². The monoisotopic (exact) mass is 383 g/mol. The van der Waals surface area contributed by atoms with Crippen LogP contribution in [0.15, 0.2) is 30.6 Å². The zero-order valence-corrected chi connectivity index (χ0v) is 15.9. The highest BCUT2D eigenvalue weighted by Crippen LogP contribution is 2.34. The van der Waals surface area contributed by atoms with Crippen LogP contribution in [0.5, 0.6) is 0 Å². The van der Waals surface area contributed by atoms with Crippen LogP contribution in [0, 0.1) is 5.92 Å². The Kier molecular flexibility index (Phi) is 5.26. The summed E-state index contributed by atoms with van der Waals surface area (Å²) in [6.45, 7) is 0.901. The molecule has 140 valence electrons. The van der Waals surface area contributed by atoms with E-state index in [1.165, 1.54) is 4.88 Å². The highest BCUT2D eigenvalue weighted by molar-refractivity contribution is 7.15. The van der Waals surface area contributed by atoms with Crippen LogP contribution in [0.25, 0.3) is 10.6 Å². The number of methoxy groups -OCH3 is 1. The second-order valence-corrected chi connectivity index (χ2v) is 7.68. The first-order valence-corrected chi connectivity index (χ1v) is 9.73. The Hall–Kier alpha value is -2.58. The summed E-state index contributed by atoms with van der Waals surface area (Å²) < 4.78 is 5.05. The van der Waals surface area contributed by atoms with E-state index in [0.717, 1.165) is 40.5 Å². The number of H-pyrrole nitrogens is 1. The number of aryl methyl sites for hydroxylation is 1. The maximum Gasteiger partial charge on any atom is 0.223 e. The van der Waals surface area contributed by atoms with E-state index >= 15 is 0 Å². The second-order valence-electron chi connectivity index (χ2n) is 6.60. The van der Waals surface area contributed by atoms with Gasteiger partial charge in [0.25, 0.3) is 0 Å². The number of fused-ring (bicyclic) bond motifs is 1. The van der Waals surface area contributed by atoms with Gasteiger partial charge in [0, 0.05) is 42.3 Å². The van der Waals surface area contributed by atoms with Crippen LogP contribution in [-0.4, -0.2) is 33.2 Å². The third kappa shape index (κ3) is 4.06. The van der Waals surface area contributed by atoms with Crippen molar-refractivity contribution < 1.29 is 9.53 Å². The lowest BCUT2D eigenvalue weighted by molar-refractivity contribution is -0.125. The Morgan fingerprint density at radius 2 is 2.26 bits per heavy atom. The molecule has 8 heteroatoms. The van der Waals surface area contributed by atoms with Crippen LogP contribution in [0.4, 0.5) is 0 Å². The average Bonchev–Trinajstić information content (AvgIpc) is 3.33. The highest BCUT2D eigenvalue weighted by atomic mass is 32.1. The summed E-state index contributed by atoms with van der Waals surface area (Å²) in [7, 11) is 1.63. The van der Waals surface area contributed by atoms with Crippen molar-refractivity contribution in [3.63, 3.8) is 0 Å². The van der Waals surface area contributed by atoms with Crippen LogP contribution >= 0.6 is 11.3 Å². The van der Waals surface area contributed by atoms with E-state index < -0.39 is 0 Å². The maximum absolute atomic E-state index is 12.6. The van der Waals surface area contributed by atoms with Crippen LogP contribution in [0.3, 0.4) is 0 Å². The number of carbonyl (C=O) groups is 1. The molecule has 0 radical (unpaired) electrons. The molecule has 1 unspecified atom stereocenters. The fraction of sp³-hybridized carbons (Fsp3) is 0.368. The standard InChI is InChI=1S/C19H21N5O2S/c1-26-11-15-9-14(23-24-15)10-21-18(25)13-2-3-17-16(8-13)22-19(27-17)12-4-6-20-7-5-12/h4-7,9,13H,2-3,8,10-11H2,1H3,(H,21,25)(H,23,24). The zero-order valence-electron chi connectivity index (χ0n) is 15.1. The van der Waals surface area contributed by atoms with Gasteiger partial charge in [-0.3, -0.25) is 14.9 Å². The molecular weight excluding hydrogens is 362 g/mol. The van der Waals surface area contributed by atoms with Crippen molar-refractivity contribution in [1.82, 2.24) is 25.5 Å². The molecule has 3 heterocycles. The first kappa shape index (κ1) is 17.8. The molecule has 1 amide bonds. The summed E-state index contributed by atoms with van der Waals surface area (Å²) in [4.78, 5) is 22.7. The summed E-state index contributed by atoms with van der Waals surface area (Å²) >= 11 is 1.72. The minimum absolute atomic E-state index is 0.0359. The largest absolute Gasteiger partial charge is 0.378 e. The van der Waals surface area contributed by atoms with Crippen LogP contribution < -0.4 is 5.32 Å². The van der Waals surface area contributed by atoms with Gasteiger partial charge in [-0.15, -0.1) is 11.3 Å². The molecule has 0 aromatic carbocycles. The van der Waals surface area contributed by atoms with Crippen molar-refractivity contribution in [1.29, 1.82) is 0 Å². The molecule has 1 aliphatic rings. The molecule has 0 bridgehead atoms. The number of amides is 1. The van der Waals surface area contributed by atoms with Crippen molar-refractivity contribution in [3.05, 3.63) is 52.6 Å². The fourth-order valence-corrected chi connectivity index (χ4v) is 4.38. The van der Waals surface area contributed by atoms with Crippen molar-refractivity contribution in [2.75, 3.05) is 7.11 Å². The molecule has 3 aromatic heterocycles. The lowest BCUT2D eigenvalue weighted by Gasteiger charge is -2.20. The summed E-state index contributed by atoms with van der Waals surface area (Å²) in [5, 5.41) is 11.1. The topological polar surface area (TPSA) is 92.8 Å². The molecule has 3 aromatic rings. The summed E-state index contributed by atoms with van der Waals surface area (Å²) in [5.74, 6) is 0.0354. The van der Waals surface area contributed by atoms with Crippen molar-refractivity contribution in [2.45, 2.75) is 32.4 Å². The number of nitrogens with zero attached hydrogens (tertiary/aromatic N) is 3. The Morgan fingerprint density at radius 3 is 3.07 bits per heavy atom. The molecule has 7 nitrogen and oxygen atoms in total. The van der Waals surface area contributed by atoms with Gasteiger partial charge in [0.2, 0.25) is 5.91 Å². The lowest BCUT2D eigenvalue weighted by Crippen LogP contribution is -2.33. The van der Waals surface area contributed by atoms with Crippen LogP contribution in [-0.2, 0) is 35.5 Å². The average molecular weight is 383 g/mol. The predicted molar refractivity (Wildman–Crippen MR) is 102 cm³/mol. The molecule has 1 aliphatic carbocycles. The molecule has 1 atom stereocenters. The Bertz CT molecular complexity index is 921. The normalized spacial score (nSPS) is 16.1. The second kappa shape index (κ2) is 7.98. The summed E-state index contributed by atoms with van der Waals surface area (Å²) in [6, 6.07) is 5.84. The number of aromatic nitrogens is 4. The van der Waals surface area contributed by atoms with E-state index in [-0.39, 0.29) is 11.8 Å². The summed E-state index contributed by atoms with van der Waals surface area (Å²) in [6.07, 6.45) is 6.01. The van der Waals surface area contributed by atoms with Gasteiger partial charge in [-0.05, 0) is 31.0 Å². The number of carbonyl (C=O) groups excluding carboxylic acids is 1. The molecule has 0 saturated carbocycles. The van der Waals surface area contributed by atoms with Gasteiger partial charge in [-0.2, -0.15) is 5.10 Å². The SMILES string of the molecule is COCc1cc(CNC(=O)C2CCc3sc(-c4ccncc4)nc3C2)[nH]n1. The van der Waals surface area contributed by atoms with Gasteiger partial charge in [0.15, 0.2) is 0 Å². The molecule has 0 aliphatic heterocycles. The molecule has 0 fully saturated rings. The minimum atomic E-state index is -0.0359. The number of rotatable bonds is 6. The van der Waals surface area contributed by atoms with Gasteiger partial charge in [0.05, 0.1) is 30.2 Å². The molecular formula is C19H21N5O2S. The first-order valence-electron chi connectivity index (χ1n) is 8.91. The number of thiazole rings is 1. The van der Waals surface area contributed by atoms with E-state index in [0.29, 0.717) is 19.6 Å². The molecule has 2 N–H and O–H groups in total. The smallest absolute Gasteiger partial charge is 0.223 e. The zero-order chi connectivity index (χ0) is 18.6. The fourth-order valence-electron chi connectivity index (χ4n) is 3.27. The van der Waals surface area contributed by atoms with Crippen LogP contribution in [0.1, 0.15) is 28.4 Å². The predicted octanol–water partition coefficient (Wildman–Crippen LogP) is 2.50. The number of pyridine rings is 1. The van der Waals surface area contributed by atoms with Gasteiger partial charge in [-0.1, -0.05) is 0 Å². The quantitative estimate of drug-likeness (QED) is 0.682. The van der Waals surface area contributed by atoms with Gasteiger partial charge in [-0.25, -0.2) is 4.98 Å². The molecule has 0 spiro atoms. The van der Waals surface area contributed by atoms with Gasteiger partial charge in [0.1, 0.15) is 5.01 Å². The third-order valence-corrected chi connectivity index (χ3v) is 5.87. The number of aromatic amines is 1. The van der Waals surface area contributed by atoms with E-state index in [4.69, 9.17) is 9.72 Å². The Balaban J connectivity index is 1.37.